The van der Waals surface area contributed by atoms with E-state index in [1.165, 1.54) is 17.7 Å². The monoisotopic (exact) mass is 246 g/mol. The Balaban J connectivity index is 2.02. The largest absolute Gasteiger partial charge is 0.368 e. The number of anilines is 1. The lowest BCUT2D eigenvalue weighted by Crippen LogP contribution is -2.40. The second-order valence-corrected chi connectivity index (χ2v) is 6.64. The number of nitrogens with two attached hydrogens (primary N) is 1. The quantitative estimate of drug-likeness (QED) is 0.887. The Kier molecular flexibility index (Phi) is 3.67. The van der Waals surface area contributed by atoms with E-state index in [0.29, 0.717) is 6.04 Å². The first kappa shape index (κ1) is 13.4. The first-order valence-electron chi connectivity index (χ1n) is 6.99. The zero-order valence-electron chi connectivity index (χ0n) is 12.1. The summed E-state index contributed by atoms with van der Waals surface area (Å²) in [6.45, 7) is 10.0. The molecule has 2 atom stereocenters. The van der Waals surface area contributed by atoms with Crippen molar-refractivity contribution < 1.29 is 0 Å². The number of hydrogen-bond acceptors (Lipinski definition) is 2. The van der Waals surface area contributed by atoms with Crippen molar-refractivity contribution in [1.82, 2.24) is 0 Å². The molecule has 2 heteroatoms. The van der Waals surface area contributed by atoms with Crippen molar-refractivity contribution in [1.29, 1.82) is 0 Å². The van der Waals surface area contributed by atoms with Gasteiger partial charge in [0.1, 0.15) is 0 Å². The van der Waals surface area contributed by atoms with E-state index in [0.717, 1.165) is 13.0 Å². The summed E-state index contributed by atoms with van der Waals surface area (Å²) in [5.41, 5.74) is 9.35. The molecule has 2 N–H and O–H groups in total. The summed E-state index contributed by atoms with van der Waals surface area (Å²) in [7, 11) is 0. The Morgan fingerprint density at radius 2 is 2.00 bits per heavy atom. The summed E-state index contributed by atoms with van der Waals surface area (Å²) < 4.78 is 0. The Bertz CT molecular complexity index is 406. The van der Waals surface area contributed by atoms with E-state index in [1.807, 2.05) is 0 Å². The van der Waals surface area contributed by atoms with Gasteiger partial charge in [-0.2, -0.15) is 0 Å². The molecule has 0 aromatic heterocycles. The van der Waals surface area contributed by atoms with Gasteiger partial charge in [0.15, 0.2) is 0 Å². The lowest BCUT2D eigenvalue weighted by atomic mass is 9.85. The van der Waals surface area contributed by atoms with Crippen LogP contribution >= 0.6 is 0 Å². The molecule has 1 aromatic rings. The third-order valence-corrected chi connectivity index (χ3v) is 4.14. The summed E-state index contributed by atoms with van der Waals surface area (Å²) in [6, 6.07) is 9.62. The minimum atomic E-state index is 0.197. The second kappa shape index (κ2) is 4.93. The predicted molar refractivity (Wildman–Crippen MR) is 79.0 cm³/mol. The molecule has 1 heterocycles. The van der Waals surface area contributed by atoms with E-state index in [9.17, 15) is 0 Å². The minimum Gasteiger partial charge on any atom is -0.368 e. The molecule has 2 nitrogen and oxygen atoms in total. The number of hydrogen-bond donors (Lipinski definition) is 1. The van der Waals surface area contributed by atoms with Crippen molar-refractivity contribution in [3.05, 3.63) is 29.8 Å². The van der Waals surface area contributed by atoms with Gasteiger partial charge in [0.25, 0.3) is 0 Å². The van der Waals surface area contributed by atoms with Gasteiger partial charge in [-0.15, -0.1) is 0 Å². The van der Waals surface area contributed by atoms with Crippen LogP contribution in [0.4, 0.5) is 5.69 Å². The molecule has 1 aromatic carbocycles. The molecule has 1 aliphatic rings. The van der Waals surface area contributed by atoms with Crippen LogP contribution < -0.4 is 10.6 Å². The third kappa shape index (κ3) is 2.69. The van der Waals surface area contributed by atoms with Crippen molar-refractivity contribution in [2.75, 3.05) is 11.4 Å². The van der Waals surface area contributed by atoms with E-state index in [1.54, 1.807) is 0 Å². The van der Waals surface area contributed by atoms with Crippen LogP contribution in [0.15, 0.2) is 24.3 Å². The Hall–Kier alpha value is -1.02. The van der Waals surface area contributed by atoms with E-state index < -0.39 is 0 Å². The van der Waals surface area contributed by atoms with E-state index in [-0.39, 0.29) is 11.5 Å². The molecule has 1 aliphatic heterocycles. The van der Waals surface area contributed by atoms with Crippen LogP contribution in [0.25, 0.3) is 0 Å². The SMILES string of the molecule is CC1Cc2ccccc2N1CCC(N)C(C)(C)C. The summed E-state index contributed by atoms with van der Waals surface area (Å²) in [6.07, 6.45) is 2.23. The fourth-order valence-electron chi connectivity index (χ4n) is 2.68. The number of fused-ring (bicyclic) bond motifs is 1. The van der Waals surface area contributed by atoms with Gasteiger partial charge in [0, 0.05) is 24.3 Å². The van der Waals surface area contributed by atoms with Crippen LogP contribution in [0.5, 0.6) is 0 Å². The van der Waals surface area contributed by atoms with Gasteiger partial charge in [0.05, 0.1) is 0 Å². The fraction of sp³-hybridized carbons (Fsp3) is 0.625. The van der Waals surface area contributed by atoms with Gasteiger partial charge in [-0.05, 0) is 36.8 Å². The summed E-state index contributed by atoms with van der Waals surface area (Å²) in [4.78, 5) is 2.51. The van der Waals surface area contributed by atoms with Crippen molar-refractivity contribution in [3.63, 3.8) is 0 Å². The third-order valence-electron chi connectivity index (χ3n) is 4.14. The van der Waals surface area contributed by atoms with Gasteiger partial charge < -0.3 is 10.6 Å². The highest BCUT2D eigenvalue weighted by molar-refractivity contribution is 5.59. The summed E-state index contributed by atoms with van der Waals surface area (Å²) in [5, 5.41) is 0. The average molecular weight is 246 g/mol. The van der Waals surface area contributed by atoms with Gasteiger partial charge in [-0.25, -0.2) is 0 Å². The van der Waals surface area contributed by atoms with E-state index >= 15 is 0 Å². The van der Waals surface area contributed by atoms with Crippen LogP contribution in [-0.2, 0) is 6.42 Å². The summed E-state index contributed by atoms with van der Waals surface area (Å²) in [5.74, 6) is 0. The van der Waals surface area contributed by atoms with Crippen molar-refractivity contribution in [3.8, 4) is 0 Å². The minimum absolute atomic E-state index is 0.197. The molecular formula is C16H26N2. The Labute approximate surface area is 111 Å². The molecule has 0 saturated carbocycles. The highest BCUT2D eigenvalue weighted by Gasteiger charge is 2.27. The maximum Gasteiger partial charge on any atom is 0.0402 e. The Morgan fingerprint density at radius 3 is 2.67 bits per heavy atom. The van der Waals surface area contributed by atoms with Crippen molar-refractivity contribution in [2.24, 2.45) is 11.1 Å². The predicted octanol–water partition coefficient (Wildman–Crippen LogP) is 3.20. The zero-order valence-corrected chi connectivity index (χ0v) is 12.1. The van der Waals surface area contributed by atoms with Gasteiger partial charge in [-0.3, -0.25) is 0 Å². The fourth-order valence-corrected chi connectivity index (χ4v) is 2.68. The van der Waals surface area contributed by atoms with Crippen LogP contribution in [0.3, 0.4) is 0 Å². The normalized spacial score (nSPS) is 20.9. The topological polar surface area (TPSA) is 29.3 Å². The van der Waals surface area contributed by atoms with Gasteiger partial charge >= 0.3 is 0 Å². The molecule has 0 spiro atoms. The number of benzene rings is 1. The van der Waals surface area contributed by atoms with E-state index in [2.05, 4.69) is 56.9 Å². The zero-order chi connectivity index (χ0) is 13.3. The number of para-hydroxylation sites is 1. The molecule has 0 saturated heterocycles. The Morgan fingerprint density at radius 1 is 1.33 bits per heavy atom. The average Bonchev–Trinajstić information content (AvgIpc) is 2.60. The smallest absolute Gasteiger partial charge is 0.0402 e. The number of nitrogens with zero attached hydrogens (tertiary/aromatic N) is 1. The van der Waals surface area contributed by atoms with Gasteiger partial charge in [-0.1, -0.05) is 39.0 Å². The van der Waals surface area contributed by atoms with Crippen molar-refractivity contribution in [2.45, 2.75) is 52.6 Å². The molecular weight excluding hydrogens is 220 g/mol. The molecule has 0 fully saturated rings. The van der Waals surface area contributed by atoms with Crippen molar-refractivity contribution >= 4 is 5.69 Å². The van der Waals surface area contributed by atoms with Crippen LogP contribution in [-0.4, -0.2) is 18.6 Å². The van der Waals surface area contributed by atoms with Crippen LogP contribution in [0.1, 0.15) is 39.7 Å². The van der Waals surface area contributed by atoms with Crippen LogP contribution in [0, 0.1) is 5.41 Å². The lowest BCUT2D eigenvalue weighted by molar-refractivity contribution is 0.306. The molecule has 0 amide bonds. The second-order valence-electron chi connectivity index (χ2n) is 6.64. The molecule has 0 radical (unpaired) electrons. The standard InChI is InChI=1S/C16H26N2/c1-12-11-13-7-5-6-8-14(13)18(12)10-9-15(17)16(2,3)4/h5-8,12,15H,9-11,17H2,1-4H3. The highest BCUT2D eigenvalue weighted by Crippen LogP contribution is 2.32. The molecule has 2 rings (SSSR count). The molecule has 100 valence electrons. The first-order valence-corrected chi connectivity index (χ1v) is 6.99. The highest BCUT2D eigenvalue weighted by atomic mass is 15.2. The molecule has 18 heavy (non-hydrogen) atoms. The molecule has 2 unspecified atom stereocenters. The van der Waals surface area contributed by atoms with Gasteiger partial charge in [0.2, 0.25) is 0 Å². The van der Waals surface area contributed by atoms with E-state index in [4.69, 9.17) is 5.73 Å². The molecule has 0 aliphatic carbocycles. The summed E-state index contributed by atoms with van der Waals surface area (Å²) >= 11 is 0. The molecule has 0 bridgehead atoms. The van der Waals surface area contributed by atoms with Crippen LogP contribution in [0.2, 0.25) is 0 Å². The number of rotatable bonds is 3. The lowest BCUT2D eigenvalue weighted by Gasteiger charge is -2.31. The first-order chi connectivity index (χ1) is 8.39. The maximum atomic E-state index is 6.27. The maximum absolute atomic E-state index is 6.27.